The van der Waals surface area contributed by atoms with Gasteiger partial charge in [0.2, 0.25) is 11.8 Å². The maximum absolute atomic E-state index is 12.2. The average Bonchev–Trinajstić information content (AvgIpc) is 3.51. The molecule has 4 N–H and O–H groups in total. The second kappa shape index (κ2) is 9.91. The summed E-state index contributed by atoms with van der Waals surface area (Å²) >= 11 is 0. The molecule has 3 rings (SSSR count). The molecule has 1 aliphatic carbocycles. The van der Waals surface area contributed by atoms with Gasteiger partial charge >= 0.3 is 0 Å². The number of hydrogen-bond donors (Lipinski definition) is 4. The van der Waals surface area contributed by atoms with Crippen molar-refractivity contribution in [2.75, 3.05) is 17.2 Å². The summed E-state index contributed by atoms with van der Waals surface area (Å²) in [7, 11) is 0. The summed E-state index contributed by atoms with van der Waals surface area (Å²) in [6.07, 6.45) is 2.38. The molecule has 1 aliphatic rings. The molecule has 0 bridgehead atoms. The molecule has 7 heteroatoms. The summed E-state index contributed by atoms with van der Waals surface area (Å²) < 4.78 is 0. The molecular formula is C23H28N4O3. The van der Waals surface area contributed by atoms with Gasteiger partial charge in [-0.2, -0.15) is 0 Å². The van der Waals surface area contributed by atoms with Crippen molar-refractivity contribution in [3.05, 3.63) is 59.7 Å². The van der Waals surface area contributed by atoms with Gasteiger partial charge in [-0.05, 0) is 62.6 Å². The Morgan fingerprint density at radius 3 is 2.37 bits per heavy atom. The van der Waals surface area contributed by atoms with E-state index in [1.807, 2.05) is 38.1 Å². The van der Waals surface area contributed by atoms with Crippen LogP contribution in [0.5, 0.6) is 0 Å². The fourth-order valence-electron chi connectivity index (χ4n) is 2.92. The fraction of sp³-hybridized carbons (Fsp3) is 0.348. The largest absolute Gasteiger partial charge is 0.376 e. The lowest BCUT2D eigenvalue weighted by Gasteiger charge is -2.10. The fourth-order valence-corrected chi connectivity index (χ4v) is 2.92. The summed E-state index contributed by atoms with van der Waals surface area (Å²) in [6, 6.07) is 14.7. The zero-order chi connectivity index (χ0) is 21.5. The zero-order valence-electron chi connectivity index (χ0n) is 17.3. The molecule has 0 heterocycles. The summed E-state index contributed by atoms with van der Waals surface area (Å²) in [5, 5.41) is 11.6. The molecule has 0 radical (unpaired) electrons. The second-order valence-corrected chi connectivity index (χ2v) is 7.83. The zero-order valence-corrected chi connectivity index (χ0v) is 17.3. The summed E-state index contributed by atoms with van der Waals surface area (Å²) in [4.78, 5) is 36.2. The highest BCUT2D eigenvalue weighted by atomic mass is 16.2. The van der Waals surface area contributed by atoms with Crippen molar-refractivity contribution in [3.63, 3.8) is 0 Å². The smallest absolute Gasteiger partial charge is 0.251 e. The Labute approximate surface area is 176 Å². The number of nitrogens with one attached hydrogen (secondary N) is 4. The van der Waals surface area contributed by atoms with Crippen molar-refractivity contribution in [2.24, 2.45) is 0 Å². The number of carbonyl (C=O) groups excluding carboxylic acids is 3. The van der Waals surface area contributed by atoms with Crippen molar-refractivity contribution in [1.82, 2.24) is 10.6 Å². The Bertz CT molecular complexity index is 905. The van der Waals surface area contributed by atoms with Crippen LogP contribution in [-0.2, 0) is 16.0 Å². The number of anilines is 2. The van der Waals surface area contributed by atoms with E-state index in [1.54, 1.807) is 24.3 Å². The van der Waals surface area contributed by atoms with E-state index in [0.29, 0.717) is 17.7 Å². The predicted molar refractivity (Wildman–Crippen MR) is 117 cm³/mol. The van der Waals surface area contributed by atoms with Crippen LogP contribution < -0.4 is 21.3 Å². The van der Waals surface area contributed by atoms with E-state index in [1.165, 1.54) is 0 Å². The highest BCUT2D eigenvalue weighted by molar-refractivity contribution is 5.98. The third-order valence-corrected chi connectivity index (χ3v) is 4.54. The van der Waals surface area contributed by atoms with E-state index in [4.69, 9.17) is 0 Å². The summed E-state index contributed by atoms with van der Waals surface area (Å²) in [5.74, 6) is -0.345. The topological polar surface area (TPSA) is 99.3 Å². The number of hydrogen-bond acceptors (Lipinski definition) is 4. The van der Waals surface area contributed by atoms with Crippen LogP contribution in [0.15, 0.2) is 48.5 Å². The third kappa shape index (κ3) is 6.92. The van der Waals surface area contributed by atoms with Crippen LogP contribution >= 0.6 is 0 Å². The molecule has 30 heavy (non-hydrogen) atoms. The molecule has 1 fully saturated rings. The molecule has 158 valence electrons. The normalized spacial score (nSPS) is 12.9. The summed E-state index contributed by atoms with van der Waals surface area (Å²) in [5.41, 5.74) is 2.81. The van der Waals surface area contributed by atoms with Crippen molar-refractivity contribution in [3.8, 4) is 0 Å². The van der Waals surface area contributed by atoms with E-state index >= 15 is 0 Å². The first kappa shape index (κ1) is 21.4. The Balaban J connectivity index is 1.46. The average molecular weight is 409 g/mol. The maximum atomic E-state index is 12.2. The van der Waals surface area contributed by atoms with E-state index < -0.39 is 0 Å². The Kier molecular flexibility index (Phi) is 7.06. The molecule has 0 saturated heterocycles. The molecule has 2 aromatic carbocycles. The number of carbonyl (C=O) groups is 3. The Morgan fingerprint density at radius 2 is 1.70 bits per heavy atom. The standard InChI is InChI=1S/C23H28N4O3/c1-15(2)25-21(28)12-16-6-8-18(9-7-16)24-14-22(29)26-20-5-3-4-17(13-20)23(30)27-19-10-11-19/h3-9,13,15,19,24H,10-12,14H2,1-2H3,(H,25,28)(H,26,29)(H,27,30). The van der Waals surface area contributed by atoms with E-state index in [-0.39, 0.29) is 36.3 Å². The minimum Gasteiger partial charge on any atom is -0.376 e. The number of amides is 3. The van der Waals surface area contributed by atoms with Crippen molar-refractivity contribution in [2.45, 2.75) is 45.2 Å². The highest BCUT2D eigenvalue weighted by Gasteiger charge is 2.23. The molecule has 0 aromatic heterocycles. The predicted octanol–water partition coefficient (Wildman–Crippen LogP) is 2.70. The van der Waals surface area contributed by atoms with Gasteiger partial charge in [0.05, 0.1) is 13.0 Å². The Morgan fingerprint density at radius 1 is 0.967 bits per heavy atom. The van der Waals surface area contributed by atoms with Crippen molar-refractivity contribution in [1.29, 1.82) is 0 Å². The van der Waals surface area contributed by atoms with E-state index in [0.717, 1.165) is 24.1 Å². The molecule has 1 saturated carbocycles. The monoisotopic (exact) mass is 408 g/mol. The molecule has 0 spiro atoms. The van der Waals surface area contributed by atoms with Crippen LogP contribution in [0.25, 0.3) is 0 Å². The van der Waals surface area contributed by atoms with Crippen LogP contribution in [0.3, 0.4) is 0 Å². The quantitative estimate of drug-likeness (QED) is 0.513. The lowest BCUT2D eigenvalue weighted by atomic mass is 10.1. The SMILES string of the molecule is CC(C)NC(=O)Cc1ccc(NCC(=O)Nc2cccc(C(=O)NC3CC3)c2)cc1. The number of benzene rings is 2. The van der Waals surface area contributed by atoms with Crippen LogP contribution in [0.4, 0.5) is 11.4 Å². The third-order valence-electron chi connectivity index (χ3n) is 4.54. The van der Waals surface area contributed by atoms with Gasteiger partial charge in [0.15, 0.2) is 0 Å². The number of rotatable bonds is 9. The van der Waals surface area contributed by atoms with Gasteiger partial charge in [0.25, 0.3) is 5.91 Å². The Hall–Kier alpha value is -3.35. The molecule has 3 amide bonds. The van der Waals surface area contributed by atoms with Crippen LogP contribution in [0.1, 0.15) is 42.6 Å². The molecule has 7 nitrogen and oxygen atoms in total. The first-order chi connectivity index (χ1) is 14.4. The molecule has 2 aromatic rings. The van der Waals surface area contributed by atoms with E-state index in [2.05, 4.69) is 21.3 Å². The maximum Gasteiger partial charge on any atom is 0.251 e. The van der Waals surface area contributed by atoms with Crippen molar-refractivity contribution < 1.29 is 14.4 Å². The molecule has 0 atom stereocenters. The van der Waals surface area contributed by atoms with Crippen LogP contribution in [0, 0.1) is 0 Å². The van der Waals surface area contributed by atoms with E-state index in [9.17, 15) is 14.4 Å². The minimum absolute atomic E-state index is 0.0156. The van der Waals surface area contributed by atoms with Crippen LogP contribution in [0.2, 0.25) is 0 Å². The van der Waals surface area contributed by atoms with Gasteiger partial charge in [-0.25, -0.2) is 0 Å². The lowest BCUT2D eigenvalue weighted by Crippen LogP contribution is -2.31. The summed E-state index contributed by atoms with van der Waals surface area (Å²) in [6.45, 7) is 3.94. The molecular weight excluding hydrogens is 380 g/mol. The molecule has 0 aliphatic heterocycles. The van der Waals surface area contributed by atoms with Gasteiger partial charge in [-0.3, -0.25) is 14.4 Å². The second-order valence-electron chi connectivity index (χ2n) is 7.83. The van der Waals surface area contributed by atoms with Gasteiger partial charge in [-0.1, -0.05) is 18.2 Å². The molecule has 0 unspecified atom stereocenters. The van der Waals surface area contributed by atoms with Gasteiger partial charge < -0.3 is 21.3 Å². The lowest BCUT2D eigenvalue weighted by molar-refractivity contribution is -0.121. The van der Waals surface area contributed by atoms with Gasteiger partial charge in [-0.15, -0.1) is 0 Å². The van der Waals surface area contributed by atoms with Gasteiger partial charge in [0.1, 0.15) is 0 Å². The van der Waals surface area contributed by atoms with Crippen molar-refractivity contribution >= 4 is 29.1 Å². The van der Waals surface area contributed by atoms with Crippen LogP contribution in [-0.4, -0.2) is 36.3 Å². The van der Waals surface area contributed by atoms with Gasteiger partial charge in [0, 0.05) is 29.0 Å². The highest BCUT2D eigenvalue weighted by Crippen LogP contribution is 2.20. The minimum atomic E-state index is -0.213. The first-order valence-electron chi connectivity index (χ1n) is 10.2. The first-order valence-corrected chi connectivity index (χ1v) is 10.2.